The highest BCUT2D eigenvalue weighted by atomic mass is 16.6. The maximum absolute atomic E-state index is 10.5. The lowest BCUT2D eigenvalue weighted by Gasteiger charge is -1.91. The van der Waals surface area contributed by atoms with Gasteiger partial charge in [0, 0.05) is 17.5 Å². The van der Waals surface area contributed by atoms with Gasteiger partial charge in [-0.1, -0.05) is 6.08 Å². The molecule has 82 valence electrons. The lowest BCUT2D eigenvalue weighted by atomic mass is 10.2. The third kappa shape index (κ3) is 1.78. The largest absolute Gasteiger partial charge is 0.392 e. The Balaban J connectivity index is 2.50. The first-order valence-electron chi connectivity index (χ1n) is 4.62. The van der Waals surface area contributed by atoms with Gasteiger partial charge in [0.25, 0.3) is 5.69 Å². The number of H-pyrrole nitrogens is 1. The Kier molecular flexibility index (Phi) is 2.65. The first-order chi connectivity index (χ1) is 7.72. The predicted molar refractivity (Wildman–Crippen MR) is 58.9 cm³/mol. The van der Waals surface area contributed by atoms with Gasteiger partial charge in [0.1, 0.15) is 0 Å². The molecule has 2 rings (SSSR count). The summed E-state index contributed by atoms with van der Waals surface area (Å²) >= 11 is 0. The molecule has 1 aromatic heterocycles. The van der Waals surface area contributed by atoms with Crippen LogP contribution in [-0.2, 0) is 0 Å². The second-order valence-corrected chi connectivity index (χ2v) is 3.18. The molecule has 16 heavy (non-hydrogen) atoms. The second kappa shape index (κ2) is 4.11. The summed E-state index contributed by atoms with van der Waals surface area (Å²) in [5.74, 6) is 0. The van der Waals surface area contributed by atoms with Gasteiger partial charge in [0.2, 0.25) is 0 Å². The topological polar surface area (TPSA) is 92.1 Å². The summed E-state index contributed by atoms with van der Waals surface area (Å²) in [5, 5.41) is 26.7. The number of aromatic amines is 1. The van der Waals surface area contributed by atoms with Crippen LogP contribution in [0.2, 0.25) is 0 Å². The van der Waals surface area contributed by atoms with Gasteiger partial charge in [-0.2, -0.15) is 5.10 Å². The molecule has 2 aromatic rings. The monoisotopic (exact) mass is 219 g/mol. The van der Waals surface area contributed by atoms with E-state index < -0.39 is 4.92 Å². The van der Waals surface area contributed by atoms with E-state index in [0.717, 1.165) is 5.39 Å². The van der Waals surface area contributed by atoms with E-state index in [1.165, 1.54) is 12.1 Å². The van der Waals surface area contributed by atoms with Crippen LogP contribution in [0, 0.1) is 10.1 Å². The number of aliphatic hydroxyl groups excluding tert-OH is 1. The Labute approximate surface area is 90.4 Å². The fraction of sp³-hybridized carbons (Fsp3) is 0.100. The van der Waals surface area contributed by atoms with Crippen molar-refractivity contribution in [1.82, 2.24) is 10.2 Å². The van der Waals surface area contributed by atoms with E-state index in [1.807, 2.05) is 0 Å². The van der Waals surface area contributed by atoms with E-state index in [-0.39, 0.29) is 12.3 Å². The molecule has 1 aromatic carbocycles. The van der Waals surface area contributed by atoms with Crippen molar-refractivity contribution in [3.05, 3.63) is 40.1 Å². The molecule has 0 amide bonds. The fourth-order valence-corrected chi connectivity index (χ4v) is 1.43. The summed E-state index contributed by atoms with van der Waals surface area (Å²) in [5.41, 5.74) is 1.28. The maximum Gasteiger partial charge on any atom is 0.271 e. The third-order valence-electron chi connectivity index (χ3n) is 2.17. The molecule has 0 saturated carbocycles. The summed E-state index contributed by atoms with van der Waals surface area (Å²) in [6.45, 7) is -0.0681. The van der Waals surface area contributed by atoms with Crippen LogP contribution in [0.1, 0.15) is 5.69 Å². The number of nitrogens with zero attached hydrogens (tertiary/aromatic N) is 2. The van der Waals surface area contributed by atoms with Gasteiger partial charge in [-0.05, 0) is 12.1 Å². The summed E-state index contributed by atoms with van der Waals surface area (Å²) in [4.78, 5) is 10.1. The minimum absolute atomic E-state index is 0.0221. The van der Waals surface area contributed by atoms with Crippen molar-refractivity contribution in [2.24, 2.45) is 0 Å². The SMILES string of the molecule is O=[N+]([O-])c1ccc2c(C=CCO)n[nH]c2c1. The number of nitro groups is 1. The van der Waals surface area contributed by atoms with Crippen LogP contribution in [0.5, 0.6) is 0 Å². The van der Waals surface area contributed by atoms with Crippen LogP contribution in [0.25, 0.3) is 17.0 Å². The number of nitrogens with one attached hydrogen (secondary N) is 1. The highest BCUT2D eigenvalue weighted by molar-refractivity contribution is 5.88. The van der Waals surface area contributed by atoms with Crippen LogP contribution < -0.4 is 0 Å². The zero-order chi connectivity index (χ0) is 11.5. The average molecular weight is 219 g/mol. The van der Waals surface area contributed by atoms with Gasteiger partial charge in [-0.25, -0.2) is 0 Å². The van der Waals surface area contributed by atoms with E-state index in [0.29, 0.717) is 11.2 Å². The van der Waals surface area contributed by atoms with Crippen LogP contribution in [0.4, 0.5) is 5.69 Å². The van der Waals surface area contributed by atoms with E-state index in [1.54, 1.807) is 18.2 Å². The van der Waals surface area contributed by atoms with Crippen LogP contribution in [0.15, 0.2) is 24.3 Å². The molecule has 0 saturated heterocycles. The van der Waals surface area contributed by atoms with E-state index in [2.05, 4.69) is 10.2 Å². The molecule has 0 aliphatic carbocycles. The van der Waals surface area contributed by atoms with Crippen molar-refractivity contribution in [2.75, 3.05) is 6.61 Å². The predicted octanol–water partition coefficient (Wildman–Crippen LogP) is 1.48. The van der Waals surface area contributed by atoms with Crippen molar-refractivity contribution in [2.45, 2.75) is 0 Å². The first-order valence-corrected chi connectivity index (χ1v) is 4.62. The number of non-ortho nitro benzene ring substituents is 1. The Morgan fingerprint density at radius 3 is 3.06 bits per heavy atom. The molecule has 0 aliphatic rings. The van der Waals surface area contributed by atoms with Crippen LogP contribution in [0.3, 0.4) is 0 Å². The smallest absolute Gasteiger partial charge is 0.271 e. The summed E-state index contributed by atoms with van der Waals surface area (Å²) in [6.07, 6.45) is 3.21. The number of rotatable bonds is 3. The quantitative estimate of drug-likeness (QED) is 0.604. The molecular formula is C10H9N3O3. The molecule has 0 bridgehead atoms. The zero-order valence-corrected chi connectivity index (χ0v) is 8.25. The molecule has 0 radical (unpaired) electrons. The summed E-state index contributed by atoms with van der Waals surface area (Å²) in [6, 6.07) is 4.49. The minimum atomic E-state index is -0.455. The van der Waals surface area contributed by atoms with Crippen molar-refractivity contribution in [1.29, 1.82) is 0 Å². The lowest BCUT2D eigenvalue weighted by Crippen LogP contribution is -1.86. The number of aliphatic hydroxyl groups is 1. The molecule has 0 atom stereocenters. The maximum atomic E-state index is 10.5. The lowest BCUT2D eigenvalue weighted by molar-refractivity contribution is -0.384. The molecule has 6 heteroatoms. The highest BCUT2D eigenvalue weighted by Crippen LogP contribution is 2.22. The number of hydrogen-bond acceptors (Lipinski definition) is 4. The van der Waals surface area contributed by atoms with Crippen LogP contribution in [-0.4, -0.2) is 26.8 Å². The highest BCUT2D eigenvalue weighted by Gasteiger charge is 2.09. The van der Waals surface area contributed by atoms with E-state index >= 15 is 0 Å². The number of benzene rings is 1. The van der Waals surface area contributed by atoms with Crippen molar-refractivity contribution in [3.63, 3.8) is 0 Å². The average Bonchev–Trinajstić information content (AvgIpc) is 2.68. The summed E-state index contributed by atoms with van der Waals surface area (Å²) < 4.78 is 0. The first kappa shape index (κ1) is 10.3. The molecule has 0 aliphatic heterocycles. The Morgan fingerprint density at radius 1 is 1.56 bits per heavy atom. The van der Waals surface area contributed by atoms with Gasteiger partial charge < -0.3 is 5.11 Å². The number of fused-ring (bicyclic) bond motifs is 1. The molecular weight excluding hydrogens is 210 g/mol. The summed E-state index contributed by atoms with van der Waals surface area (Å²) in [7, 11) is 0. The molecule has 6 nitrogen and oxygen atoms in total. The van der Waals surface area contributed by atoms with Crippen molar-refractivity contribution < 1.29 is 10.0 Å². The van der Waals surface area contributed by atoms with Gasteiger partial charge in [-0.3, -0.25) is 15.2 Å². The number of nitro benzene ring substituents is 1. The number of aromatic nitrogens is 2. The number of hydrogen-bond donors (Lipinski definition) is 2. The fourth-order valence-electron chi connectivity index (χ4n) is 1.43. The Hall–Kier alpha value is -2.21. The van der Waals surface area contributed by atoms with Crippen molar-refractivity contribution in [3.8, 4) is 0 Å². The van der Waals surface area contributed by atoms with E-state index in [4.69, 9.17) is 5.11 Å². The van der Waals surface area contributed by atoms with Gasteiger partial charge in [-0.15, -0.1) is 0 Å². The molecule has 0 spiro atoms. The zero-order valence-electron chi connectivity index (χ0n) is 8.25. The normalized spacial score (nSPS) is 11.3. The van der Waals surface area contributed by atoms with Gasteiger partial charge in [0.15, 0.2) is 0 Å². The molecule has 2 N–H and O–H groups in total. The molecule has 0 unspecified atom stereocenters. The van der Waals surface area contributed by atoms with E-state index in [9.17, 15) is 10.1 Å². The standard InChI is InChI=1S/C10H9N3O3/c14-5-1-2-9-8-4-3-7(13(15)16)6-10(8)12-11-9/h1-4,6,14H,5H2,(H,11,12). The second-order valence-electron chi connectivity index (χ2n) is 3.18. The van der Waals surface area contributed by atoms with Gasteiger partial charge in [0.05, 0.1) is 22.7 Å². The van der Waals surface area contributed by atoms with Crippen molar-refractivity contribution >= 4 is 22.7 Å². The Bertz CT molecular complexity index is 559. The van der Waals surface area contributed by atoms with Crippen LogP contribution >= 0.6 is 0 Å². The molecule has 1 heterocycles. The minimum Gasteiger partial charge on any atom is -0.392 e. The third-order valence-corrected chi connectivity index (χ3v) is 2.17. The van der Waals surface area contributed by atoms with Gasteiger partial charge >= 0.3 is 0 Å². The Morgan fingerprint density at radius 2 is 2.38 bits per heavy atom. The molecule has 0 fully saturated rings.